The summed E-state index contributed by atoms with van der Waals surface area (Å²) in [5.41, 5.74) is -0.0553. The molecule has 1 aromatic heterocycles. The SMILES string of the molecule is O=C1c2cc([N+](=O)[O-])ccc2-n2c1nc1c(Cl)cccc1c2=O. The van der Waals surface area contributed by atoms with E-state index in [0.717, 1.165) is 6.07 Å². The molecule has 0 unspecified atom stereocenters. The molecule has 0 saturated heterocycles. The molecule has 0 aliphatic carbocycles. The fraction of sp³-hybridized carbons (Fsp3) is 0. The monoisotopic (exact) mass is 327 g/mol. The van der Waals surface area contributed by atoms with Gasteiger partial charge in [0.15, 0.2) is 5.82 Å². The van der Waals surface area contributed by atoms with Crippen LogP contribution in [0.5, 0.6) is 0 Å². The van der Waals surface area contributed by atoms with Crippen molar-refractivity contribution in [3.8, 4) is 5.69 Å². The Labute approximate surface area is 132 Å². The number of rotatable bonds is 1. The van der Waals surface area contributed by atoms with Crippen molar-refractivity contribution in [1.29, 1.82) is 0 Å². The largest absolute Gasteiger partial charge is 0.285 e. The molecule has 0 saturated carbocycles. The fourth-order valence-corrected chi connectivity index (χ4v) is 2.90. The predicted molar refractivity (Wildman–Crippen MR) is 82.4 cm³/mol. The Hall–Kier alpha value is -3.06. The maximum atomic E-state index is 12.7. The second-order valence-corrected chi connectivity index (χ2v) is 5.41. The molecular weight excluding hydrogens is 322 g/mol. The second-order valence-electron chi connectivity index (χ2n) is 5.00. The number of fused-ring (bicyclic) bond motifs is 4. The minimum Gasteiger partial charge on any atom is -0.285 e. The van der Waals surface area contributed by atoms with E-state index in [2.05, 4.69) is 4.98 Å². The van der Waals surface area contributed by atoms with Crippen LogP contribution in [0.3, 0.4) is 0 Å². The van der Waals surface area contributed by atoms with Gasteiger partial charge in [0.05, 0.1) is 32.1 Å². The summed E-state index contributed by atoms with van der Waals surface area (Å²) in [7, 11) is 0. The van der Waals surface area contributed by atoms with Crippen LogP contribution in [0.4, 0.5) is 5.69 Å². The molecule has 112 valence electrons. The van der Waals surface area contributed by atoms with Gasteiger partial charge in [-0.15, -0.1) is 0 Å². The van der Waals surface area contributed by atoms with Crippen molar-refractivity contribution >= 4 is 34.0 Å². The number of nitro benzene ring substituents is 1. The van der Waals surface area contributed by atoms with E-state index >= 15 is 0 Å². The zero-order valence-corrected chi connectivity index (χ0v) is 12.1. The lowest BCUT2D eigenvalue weighted by Crippen LogP contribution is -2.21. The second kappa shape index (κ2) is 4.47. The summed E-state index contributed by atoms with van der Waals surface area (Å²) in [6, 6.07) is 8.53. The summed E-state index contributed by atoms with van der Waals surface area (Å²) in [4.78, 5) is 39.6. The molecule has 0 amide bonds. The van der Waals surface area contributed by atoms with E-state index in [-0.39, 0.29) is 38.7 Å². The van der Waals surface area contributed by atoms with E-state index in [1.807, 2.05) is 0 Å². The number of nitrogens with zero attached hydrogens (tertiary/aromatic N) is 3. The highest BCUT2D eigenvalue weighted by Gasteiger charge is 2.32. The maximum Gasteiger partial charge on any atom is 0.270 e. The first-order valence-electron chi connectivity index (χ1n) is 6.54. The Morgan fingerprint density at radius 3 is 2.70 bits per heavy atom. The normalized spacial score (nSPS) is 12.3. The molecule has 2 aromatic carbocycles. The van der Waals surface area contributed by atoms with Gasteiger partial charge in [0.2, 0.25) is 5.78 Å². The lowest BCUT2D eigenvalue weighted by atomic mass is 10.1. The van der Waals surface area contributed by atoms with Crippen molar-refractivity contribution in [2.75, 3.05) is 0 Å². The Kier molecular flexibility index (Phi) is 2.64. The van der Waals surface area contributed by atoms with E-state index in [0.29, 0.717) is 0 Å². The zero-order valence-electron chi connectivity index (χ0n) is 11.3. The van der Waals surface area contributed by atoms with Gasteiger partial charge in [-0.1, -0.05) is 17.7 Å². The third-order valence-electron chi connectivity index (χ3n) is 3.73. The van der Waals surface area contributed by atoms with E-state index < -0.39 is 16.3 Å². The molecule has 0 bridgehead atoms. The summed E-state index contributed by atoms with van der Waals surface area (Å²) in [6.07, 6.45) is 0. The average Bonchev–Trinajstić information content (AvgIpc) is 2.81. The molecule has 0 spiro atoms. The number of non-ortho nitro benzene ring substituents is 1. The molecule has 0 fully saturated rings. The summed E-state index contributed by atoms with van der Waals surface area (Å²) in [6.45, 7) is 0. The standard InChI is InChI=1S/C15H6ClN3O4/c16-10-3-1-2-8-12(10)17-14-13(20)9-6-7(19(22)23)4-5-11(9)18(14)15(8)21/h1-6H. The number of aromatic nitrogens is 2. The molecule has 3 aromatic rings. The van der Waals surface area contributed by atoms with Gasteiger partial charge < -0.3 is 0 Å². The fourth-order valence-electron chi connectivity index (χ4n) is 2.68. The molecule has 8 heteroatoms. The van der Waals surface area contributed by atoms with Crippen molar-refractivity contribution in [1.82, 2.24) is 9.55 Å². The number of carbonyl (C=O) groups excluding carboxylic acids is 1. The average molecular weight is 328 g/mol. The number of halogens is 1. The summed E-state index contributed by atoms with van der Waals surface area (Å²) < 4.78 is 1.17. The lowest BCUT2D eigenvalue weighted by Gasteiger charge is -2.06. The maximum absolute atomic E-state index is 12.7. The van der Waals surface area contributed by atoms with Crippen molar-refractivity contribution in [2.45, 2.75) is 0 Å². The molecular formula is C15H6ClN3O4. The number of hydrogen-bond acceptors (Lipinski definition) is 5. The van der Waals surface area contributed by atoms with Crippen molar-refractivity contribution < 1.29 is 9.72 Å². The van der Waals surface area contributed by atoms with Gasteiger partial charge in [0, 0.05) is 12.1 Å². The van der Waals surface area contributed by atoms with Crippen LogP contribution in [-0.4, -0.2) is 20.3 Å². The van der Waals surface area contributed by atoms with Gasteiger partial charge in [-0.25, -0.2) is 4.98 Å². The number of ketones is 1. The van der Waals surface area contributed by atoms with Crippen LogP contribution >= 0.6 is 11.6 Å². The smallest absolute Gasteiger partial charge is 0.270 e. The van der Waals surface area contributed by atoms with Gasteiger partial charge in [-0.3, -0.25) is 24.3 Å². The Balaban J connectivity index is 2.11. The van der Waals surface area contributed by atoms with E-state index in [1.54, 1.807) is 18.2 Å². The molecule has 0 atom stereocenters. The molecule has 0 radical (unpaired) electrons. The van der Waals surface area contributed by atoms with Crippen LogP contribution in [0.2, 0.25) is 5.02 Å². The van der Waals surface area contributed by atoms with Crippen LogP contribution < -0.4 is 5.56 Å². The number of carbonyl (C=O) groups is 1. The summed E-state index contributed by atoms with van der Waals surface area (Å²) >= 11 is 6.05. The number of para-hydroxylation sites is 1. The van der Waals surface area contributed by atoms with Gasteiger partial charge >= 0.3 is 0 Å². The van der Waals surface area contributed by atoms with E-state index in [9.17, 15) is 19.7 Å². The molecule has 7 nitrogen and oxygen atoms in total. The van der Waals surface area contributed by atoms with Gasteiger partial charge in [0.1, 0.15) is 0 Å². The minimum atomic E-state index is -0.597. The van der Waals surface area contributed by atoms with Crippen LogP contribution in [0, 0.1) is 10.1 Å². The van der Waals surface area contributed by atoms with Crippen LogP contribution in [0.25, 0.3) is 16.6 Å². The van der Waals surface area contributed by atoms with Gasteiger partial charge in [0.25, 0.3) is 11.2 Å². The number of benzene rings is 2. The molecule has 0 N–H and O–H groups in total. The first-order chi connectivity index (χ1) is 11.0. The minimum absolute atomic E-state index is 0.0789. The van der Waals surface area contributed by atoms with Crippen molar-refractivity contribution in [2.24, 2.45) is 0 Å². The molecule has 4 rings (SSSR count). The van der Waals surface area contributed by atoms with E-state index in [4.69, 9.17) is 11.6 Å². The molecule has 2 heterocycles. The van der Waals surface area contributed by atoms with Gasteiger partial charge in [-0.2, -0.15) is 0 Å². The predicted octanol–water partition coefficient (Wildman–Crippen LogP) is 2.49. The molecule has 1 aliphatic heterocycles. The molecule has 23 heavy (non-hydrogen) atoms. The highest BCUT2D eigenvalue weighted by molar-refractivity contribution is 6.35. The Bertz CT molecular complexity index is 1100. The van der Waals surface area contributed by atoms with Gasteiger partial charge in [-0.05, 0) is 18.2 Å². The van der Waals surface area contributed by atoms with Crippen LogP contribution in [-0.2, 0) is 0 Å². The number of hydrogen-bond donors (Lipinski definition) is 0. The number of nitro groups is 1. The van der Waals surface area contributed by atoms with Crippen LogP contribution in [0.1, 0.15) is 16.2 Å². The van der Waals surface area contributed by atoms with Crippen molar-refractivity contribution in [3.05, 3.63) is 73.3 Å². The highest BCUT2D eigenvalue weighted by atomic mass is 35.5. The van der Waals surface area contributed by atoms with E-state index in [1.165, 1.54) is 16.7 Å². The Morgan fingerprint density at radius 1 is 1.17 bits per heavy atom. The topological polar surface area (TPSA) is 95.1 Å². The summed E-state index contributed by atoms with van der Waals surface area (Å²) in [5, 5.41) is 11.4. The Morgan fingerprint density at radius 2 is 1.96 bits per heavy atom. The third kappa shape index (κ3) is 1.74. The quantitative estimate of drug-likeness (QED) is 0.395. The molecule has 1 aliphatic rings. The highest BCUT2D eigenvalue weighted by Crippen LogP contribution is 2.30. The third-order valence-corrected chi connectivity index (χ3v) is 4.03. The van der Waals surface area contributed by atoms with Crippen LogP contribution in [0.15, 0.2) is 41.2 Å². The summed E-state index contributed by atoms with van der Waals surface area (Å²) in [5.74, 6) is -0.631. The lowest BCUT2D eigenvalue weighted by molar-refractivity contribution is -0.384. The first kappa shape index (κ1) is 13.6. The first-order valence-corrected chi connectivity index (χ1v) is 6.91. The zero-order chi connectivity index (χ0) is 16.3. The van der Waals surface area contributed by atoms with Crippen molar-refractivity contribution in [3.63, 3.8) is 0 Å².